The van der Waals surface area contributed by atoms with Gasteiger partial charge in [-0.2, -0.15) is 0 Å². The highest BCUT2D eigenvalue weighted by atomic mass is 16.5. The van der Waals surface area contributed by atoms with Gasteiger partial charge in [0, 0.05) is 12.8 Å². The van der Waals surface area contributed by atoms with Gasteiger partial charge in [-0.25, -0.2) is 0 Å². The molecule has 0 spiro atoms. The third-order valence-corrected chi connectivity index (χ3v) is 6.43. The molecule has 0 radical (unpaired) electrons. The maximum absolute atomic E-state index is 11.8. The summed E-state index contributed by atoms with van der Waals surface area (Å²) in [5.74, 6) is -0.301. The van der Waals surface area contributed by atoms with Crippen LogP contribution in [0.2, 0.25) is 0 Å². The number of amides is 1. The maximum Gasteiger partial charge on any atom is 0.305 e. The minimum absolute atomic E-state index is 0.117. The Bertz CT molecular complexity index is 479. The van der Waals surface area contributed by atoms with Crippen LogP contribution < -0.4 is 5.32 Å². The smallest absolute Gasteiger partial charge is 0.305 e. The summed E-state index contributed by atoms with van der Waals surface area (Å²) in [5.41, 5.74) is -0.973. The summed E-state index contributed by atoms with van der Waals surface area (Å²) in [7, 11) is 0. The van der Waals surface area contributed by atoms with Crippen LogP contribution in [0, 0.1) is 0 Å². The SMILES string of the molecule is CCCCCCCCCCCCCCCCCC(=O)OCCCCCC(=O)NC(C)(CO)CO. The van der Waals surface area contributed by atoms with E-state index in [2.05, 4.69) is 12.2 Å². The van der Waals surface area contributed by atoms with Gasteiger partial charge in [0.15, 0.2) is 0 Å². The Morgan fingerprint density at radius 2 is 1.06 bits per heavy atom. The number of nitrogens with one attached hydrogen (secondary N) is 1. The van der Waals surface area contributed by atoms with Crippen molar-refractivity contribution in [2.24, 2.45) is 0 Å². The number of ether oxygens (including phenoxy) is 1. The average molecular weight is 486 g/mol. The van der Waals surface area contributed by atoms with Crippen LogP contribution >= 0.6 is 0 Å². The highest BCUT2D eigenvalue weighted by molar-refractivity contribution is 5.76. The van der Waals surface area contributed by atoms with Gasteiger partial charge in [-0.3, -0.25) is 9.59 Å². The summed E-state index contributed by atoms with van der Waals surface area (Å²) in [6.07, 6.45) is 22.8. The van der Waals surface area contributed by atoms with Crippen LogP contribution in [0.4, 0.5) is 0 Å². The van der Waals surface area contributed by atoms with Gasteiger partial charge in [-0.05, 0) is 32.6 Å². The number of aliphatic hydroxyl groups excluding tert-OH is 2. The van der Waals surface area contributed by atoms with E-state index in [9.17, 15) is 19.8 Å². The van der Waals surface area contributed by atoms with Gasteiger partial charge in [-0.1, -0.05) is 96.8 Å². The number of carbonyl (C=O) groups is 2. The predicted octanol–water partition coefficient (Wildman–Crippen LogP) is 6.21. The molecule has 0 atom stereocenters. The van der Waals surface area contributed by atoms with Crippen LogP contribution in [0.5, 0.6) is 0 Å². The van der Waals surface area contributed by atoms with Crippen LogP contribution in [0.3, 0.4) is 0 Å². The second kappa shape index (κ2) is 23.6. The lowest BCUT2D eigenvalue weighted by Crippen LogP contribution is -2.51. The molecule has 0 unspecified atom stereocenters. The first-order chi connectivity index (χ1) is 16.5. The number of aliphatic hydroxyl groups is 2. The minimum Gasteiger partial charge on any atom is -0.466 e. The van der Waals surface area contributed by atoms with Crippen LogP contribution in [0.15, 0.2) is 0 Å². The average Bonchev–Trinajstić information content (AvgIpc) is 2.83. The topological polar surface area (TPSA) is 95.9 Å². The van der Waals surface area contributed by atoms with E-state index in [1.807, 2.05) is 0 Å². The van der Waals surface area contributed by atoms with E-state index in [0.29, 0.717) is 25.9 Å². The van der Waals surface area contributed by atoms with Crippen molar-refractivity contribution in [2.45, 2.75) is 148 Å². The lowest BCUT2D eigenvalue weighted by atomic mass is 10.0. The Hall–Kier alpha value is -1.14. The first-order valence-corrected chi connectivity index (χ1v) is 14.2. The number of unbranched alkanes of at least 4 members (excludes halogenated alkanes) is 16. The normalized spacial score (nSPS) is 11.5. The molecule has 0 aliphatic carbocycles. The third-order valence-electron chi connectivity index (χ3n) is 6.43. The molecule has 34 heavy (non-hydrogen) atoms. The van der Waals surface area contributed by atoms with Crippen molar-refractivity contribution < 1.29 is 24.5 Å². The molecular weight excluding hydrogens is 430 g/mol. The third kappa shape index (κ3) is 21.4. The predicted molar refractivity (Wildman–Crippen MR) is 140 cm³/mol. The number of hydrogen-bond donors (Lipinski definition) is 3. The molecule has 3 N–H and O–H groups in total. The summed E-state index contributed by atoms with van der Waals surface area (Å²) in [5, 5.41) is 21.0. The van der Waals surface area contributed by atoms with Gasteiger partial charge in [0.1, 0.15) is 0 Å². The Kier molecular flexibility index (Phi) is 22.8. The van der Waals surface area contributed by atoms with E-state index in [1.165, 1.54) is 83.5 Å². The number of carbonyl (C=O) groups excluding carboxylic acids is 2. The van der Waals surface area contributed by atoms with Crippen molar-refractivity contribution in [3.8, 4) is 0 Å². The summed E-state index contributed by atoms with van der Waals surface area (Å²) < 4.78 is 5.28. The Morgan fingerprint density at radius 3 is 1.53 bits per heavy atom. The van der Waals surface area contributed by atoms with Crippen LogP contribution in [-0.4, -0.2) is 47.4 Å². The Labute approximate surface area is 209 Å². The molecule has 0 heterocycles. The first kappa shape index (κ1) is 32.9. The van der Waals surface area contributed by atoms with Gasteiger partial charge in [0.05, 0.1) is 25.4 Å². The van der Waals surface area contributed by atoms with Gasteiger partial charge in [0.2, 0.25) is 5.91 Å². The Balaban J connectivity index is 3.35. The maximum atomic E-state index is 11.8. The molecule has 202 valence electrons. The van der Waals surface area contributed by atoms with E-state index in [1.54, 1.807) is 6.92 Å². The molecule has 0 saturated carbocycles. The van der Waals surface area contributed by atoms with Crippen molar-refractivity contribution >= 4 is 11.9 Å². The van der Waals surface area contributed by atoms with Crippen LogP contribution in [0.1, 0.15) is 142 Å². The second-order valence-corrected chi connectivity index (χ2v) is 10.2. The second-order valence-electron chi connectivity index (χ2n) is 10.2. The standard InChI is InChI=1S/C28H55NO5/c1-3-4-5-6-7-8-9-10-11-12-13-14-15-16-19-22-27(33)34-23-20-17-18-21-26(32)29-28(2,24-30)25-31/h30-31H,3-25H2,1-2H3,(H,29,32). The van der Waals surface area contributed by atoms with Crippen LogP contribution in [-0.2, 0) is 14.3 Å². The molecule has 0 aromatic rings. The van der Waals surface area contributed by atoms with Crippen molar-refractivity contribution in [2.75, 3.05) is 19.8 Å². The van der Waals surface area contributed by atoms with Crippen LogP contribution in [0.25, 0.3) is 0 Å². The first-order valence-electron chi connectivity index (χ1n) is 14.2. The van der Waals surface area contributed by atoms with E-state index >= 15 is 0 Å². The van der Waals surface area contributed by atoms with Gasteiger partial charge in [-0.15, -0.1) is 0 Å². The van der Waals surface area contributed by atoms with Crippen molar-refractivity contribution in [1.82, 2.24) is 5.32 Å². The molecule has 0 aliphatic heterocycles. The van der Waals surface area contributed by atoms with Gasteiger partial charge >= 0.3 is 5.97 Å². The monoisotopic (exact) mass is 485 g/mol. The van der Waals surface area contributed by atoms with E-state index in [-0.39, 0.29) is 25.1 Å². The van der Waals surface area contributed by atoms with Crippen molar-refractivity contribution in [1.29, 1.82) is 0 Å². The molecule has 0 rings (SSSR count). The molecule has 0 bridgehead atoms. The Morgan fingerprint density at radius 1 is 0.647 bits per heavy atom. The summed E-state index contributed by atoms with van der Waals surface area (Å²) in [6.45, 7) is 3.67. The quantitative estimate of drug-likeness (QED) is 0.105. The van der Waals surface area contributed by atoms with Gasteiger partial charge < -0.3 is 20.3 Å². The lowest BCUT2D eigenvalue weighted by Gasteiger charge is -2.26. The van der Waals surface area contributed by atoms with Crippen molar-refractivity contribution in [3.63, 3.8) is 0 Å². The van der Waals surface area contributed by atoms with Crippen molar-refractivity contribution in [3.05, 3.63) is 0 Å². The lowest BCUT2D eigenvalue weighted by molar-refractivity contribution is -0.144. The molecule has 0 aliphatic rings. The minimum atomic E-state index is -0.973. The number of rotatable bonds is 25. The summed E-state index contributed by atoms with van der Waals surface area (Å²) in [6, 6.07) is 0. The molecule has 0 aromatic heterocycles. The summed E-state index contributed by atoms with van der Waals surface area (Å²) in [4.78, 5) is 23.6. The fourth-order valence-electron chi connectivity index (χ4n) is 3.99. The zero-order valence-electron chi connectivity index (χ0n) is 22.4. The van der Waals surface area contributed by atoms with Gasteiger partial charge in [0.25, 0.3) is 0 Å². The fourth-order valence-corrected chi connectivity index (χ4v) is 3.99. The van der Waals surface area contributed by atoms with E-state index in [4.69, 9.17) is 4.74 Å². The molecule has 0 saturated heterocycles. The highest BCUT2D eigenvalue weighted by Gasteiger charge is 2.23. The number of hydrogen-bond acceptors (Lipinski definition) is 5. The summed E-state index contributed by atoms with van der Waals surface area (Å²) >= 11 is 0. The molecule has 0 fully saturated rings. The largest absolute Gasteiger partial charge is 0.466 e. The molecule has 6 nitrogen and oxygen atoms in total. The van der Waals surface area contributed by atoms with E-state index in [0.717, 1.165) is 25.7 Å². The molecule has 0 aromatic carbocycles. The highest BCUT2D eigenvalue weighted by Crippen LogP contribution is 2.14. The zero-order chi connectivity index (χ0) is 25.3. The zero-order valence-corrected chi connectivity index (χ0v) is 22.4. The molecular formula is C28H55NO5. The molecule has 6 heteroatoms. The number of esters is 1. The van der Waals surface area contributed by atoms with E-state index < -0.39 is 5.54 Å². The fraction of sp³-hybridized carbons (Fsp3) is 0.929. The molecule has 1 amide bonds.